The summed E-state index contributed by atoms with van der Waals surface area (Å²) in [5.41, 5.74) is 0. The van der Waals surface area contributed by atoms with Gasteiger partial charge in [-0.25, -0.2) is 0 Å². The minimum atomic E-state index is -4.23. The Hall–Kier alpha value is -0.330. The Morgan fingerprint density at radius 2 is 2.13 bits per heavy atom. The van der Waals surface area contributed by atoms with Crippen LogP contribution in [0.2, 0.25) is 0 Å². The monoisotopic (exact) mass is 227 g/mol. The minimum absolute atomic E-state index is 0.117. The van der Waals surface area contributed by atoms with Gasteiger partial charge >= 0.3 is 6.18 Å². The van der Waals surface area contributed by atoms with Crippen molar-refractivity contribution in [3.05, 3.63) is 0 Å². The van der Waals surface area contributed by atoms with Crippen molar-refractivity contribution in [3.63, 3.8) is 0 Å². The lowest BCUT2D eigenvalue weighted by molar-refractivity contribution is -0.174. The summed E-state index contributed by atoms with van der Waals surface area (Å²) < 4.78 is 39.5. The number of nitrogens with zero attached hydrogens (tertiary/aromatic N) is 1. The molecule has 1 aliphatic rings. The van der Waals surface area contributed by atoms with Gasteiger partial charge in [-0.1, -0.05) is 0 Å². The third kappa shape index (κ3) is 5.96. The second kappa shape index (κ2) is 5.67. The Kier molecular flexibility index (Phi) is 4.82. The van der Waals surface area contributed by atoms with Gasteiger partial charge in [0.15, 0.2) is 0 Å². The quantitative estimate of drug-likeness (QED) is 0.712. The van der Waals surface area contributed by atoms with Gasteiger partial charge < -0.3 is 14.7 Å². The van der Waals surface area contributed by atoms with E-state index in [1.807, 2.05) is 4.90 Å². The average Bonchev–Trinajstić information content (AvgIpc) is 2.49. The van der Waals surface area contributed by atoms with Gasteiger partial charge in [0.05, 0.1) is 6.10 Å². The first kappa shape index (κ1) is 12.7. The Morgan fingerprint density at radius 1 is 1.40 bits per heavy atom. The van der Waals surface area contributed by atoms with Crippen LogP contribution in [0.15, 0.2) is 0 Å². The zero-order valence-electron chi connectivity index (χ0n) is 8.46. The van der Waals surface area contributed by atoms with Crippen LogP contribution in [-0.2, 0) is 4.74 Å². The van der Waals surface area contributed by atoms with Crippen LogP contribution in [0.1, 0.15) is 12.8 Å². The molecule has 0 bridgehead atoms. The van der Waals surface area contributed by atoms with Crippen LogP contribution in [0, 0.1) is 0 Å². The van der Waals surface area contributed by atoms with Crippen LogP contribution in [0.4, 0.5) is 13.2 Å². The molecule has 1 saturated heterocycles. The number of hydrogen-bond acceptors (Lipinski definition) is 3. The molecule has 1 fully saturated rings. The highest BCUT2D eigenvalue weighted by atomic mass is 19.4. The average molecular weight is 227 g/mol. The van der Waals surface area contributed by atoms with E-state index in [2.05, 4.69) is 4.74 Å². The molecule has 0 aromatic heterocycles. The lowest BCUT2D eigenvalue weighted by atomic mass is 10.3. The molecule has 15 heavy (non-hydrogen) atoms. The fourth-order valence-electron chi connectivity index (χ4n) is 1.59. The van der Waals surface area contributed by atoms with E-state index in [9.17, 15) is 18.3 Å². The zero-order chi connectivity index (χ0) is 11.3. The topological polar surface area (TPSA) is 32.7 Å². The maximum atomic E-state index is 11.7. The highest BCUT2D eigenvalue weighted by Gasteiger charge is 2.27. The second-order valence-corrected chi connectivity index (χ2v) is 3.76. The van der Waals surface area contributed by atoms with Crippen LogP contribution in [0.5, 0.6) is 0 Å². The number of halogens is 3. The van der Waals surface area contributed by atoms with E-state index in [0.29, 0.717) is 19.5 Å². The highest BCUT2D eigenvalue weighted by molar-refractivity contribution is 4.73. The predicted molar refractivity (Wildman–Crippen MR) is 48.6 cm³/mol. The lowest BCUT2D eigenvalue weighted by Crippen LogP contribution is -2.25. The number of hydrogen-bond donors (Lipinski definition) is 1. The summed E-state index contributed by atoms with van der Waals surface area (Å²) in [5, 5.41) is 9.19. The summed E-state index contributed by atoms with van der Waals surface area (Å²) in [6.07, 6.45) is -3.18. The summed E-state index contributed by atoms with van der Waals surface area (Å²) >= 11 is 0. The highest BCUT2D eigenvalue weighted by Crippen LogP contribution is 2.14. The molecule has 1 rings (SSSR count). The van der Waals surface area contributed by atoms with E-state index < -0.39 is 12.8 Å². The van der Waals surface area contributed by atoms with Gasteiger partial charge in [0.1, 0.15) is 6.61 Å². The maximum Gasteiger partial charge on any atom is 0.411 e. The van der Waals surface area contributed by atoms with Gasteiger partial charge in [0, 0.05) is 26.2 Å². The Bertz CT molecular complexity index is 187. The molecular weight excluding hydrogens is 211 g/mol. The Labute approximate surface area is 86.8 Å². The number of alkyl halides is 3. The molecule has 0 saturated carbocycles. The fraction of sp³-hybridized carbons (Fsp3) is 1.00. The number of ether oxygens (including phenoxy) is 1. The van der Waals surface area contributed by atoms with Crippen molar-refractivity contribution in [2.45, 2.75) is 25.1 Å². The molecular formula is C9H16F3NO2. The molecule has 0 amide bonds. The SMILES string of the molecule is O[C@H]1CCN(CCCOCC(F)(F)F)C1. The third-order valence-corrected chi connectivity index (χ3v) is 2.28. The van der Waals surface area contributed by atoms with Crippen molar-refractivity contribution >= 4 is 0 Å². The third-order valence-electron chi connectivity index (χ3n) is 2.28. The first-order valence-electron chi connectivity index (χ1n) is 5.02. The standard InChI is InChI=1S/C9H16F3NO2/c10-9(11,12)7-15-5-1-3-13-4-2-8(14)6-13/h8,14H,1-7H2/t8-/m0/s1. The molecule has 0 aromatic carbocycles. The zero-order valence-corrected chi connectivity index (χ0v) is 8.46. The number of aliphatic hydroxyl groups excluding tert-OH is 1. The van der Waals surface area contributed by atoms with Gasteiger partial charge in [-0.2, -0.15) is 13.2 Å². The maximum absolute atomic E-state index is 11.7. The summed E-state index contributed by atoms with van der Waals surface area (Å²) in [5.74, 6) is 0. The van der Waals surface area contributed by atoms with Gasteiger partial charge in [-0.3, -0.25) is 0 Å². The van der Waals surface area contributed by atoms with Crippen molar-refractivity contribution in [1.29, 1.82) is 0 Å². The molecule has 1 aliphatic heterocycles. The van der Waals surface area contributed by atoms with E-state index in [1.54, 1.807) is 0 Å². The van der Waals surface area contributed by atoms with Gasteiger partial charge in [0.2, 0.25) is 0 Å². The first-order valence-corrected chi connectivity index (χ1v) is 5.02. The van der Waals surface area contributed by atoms with E-state index >= 15 is 0 Å². The largest absolute Gasteiger partial charge is 0.411 e. The summed E-state index contributed by atoms with van der Waals surface area (Å²) in [7, 11) is 0. The predicted octanol–water partition coefficient (Wildman–Crippen LogP) is 1.02. The molecule has 1 N–H and O–H groups in total. The molecule has 1 atom stereocenters. The normalized spacial score (nSPS) is 23.6. The van der Waals surface area contributed by atoms with Crippen LogP contribution < -0.4 is 0 Å². The lowest BCUT2D eigenvalue weighted by Gasteiger charge is -2.14. The second-order valence-electron chi connectivity index (χ2n) is 3.76. The van der Waals surface area contributed by atoms with Gasteiger partial charge in [-0.05, 0) is 12.8 Å². The Balaban J connectivity index is 1.93. The minimum Gasteiger partial charge on any atom is -0.392 e. The van der Waals surface area contributed by atoms with Crippen LogP contribution >= 0.6 is 0 Å². The van der Waals surface area contributed by atoms with Crippen molar-refractivity contribution in [3.8, 4) is 0 Å². The fourth-order valence-corrected chi connectivity index (χ4v) is 1.59. The van der Waals surface area contributed by atoms with Crippen molar-refractivity contribution in [2.75, 3.05) is 32.8 Å². The molecule has 0 radical (unpaired) electrons. The summed E-state index contributed by atoms with van der Waals surface area (Å²) in [4.78, 5) is 2.03. The Morgan fingerprint density at radius 3 is 2.67 bits per heavy atom. The molecule has 0 unspecified atom stereocenters. The van der Waals surface area contributed by atoms with E-state index in [4.69, 9.17) is 0 Å². The molecule has 1 heterocycles. The summed E-state index contributed by atoms with van der Waals surface area (Å²) in [6, 6.07) is 0. The van der Waals surface area contributed by atoms with Crippen molar-refractivity contribution in [1.82, 2.24) is 4.90 Å². The van der Waals surface area contributed by atoms with E-state index in [0.717, 1.165) is 13.0 Å². The molecule has 0 spiro atoms. The number of β-amino-alcohol motifs (C(OH)–C–C–N with tert-alkyl or cyclic N) is 1. The molecule has 3 nitrogen and oxygen atoms in total. The molecule has 90 valence electrons. The van der Waals surface area contributed by atoms with Crippen LogP contribution in [0.25, 0.3) is 0 Å². The van der Waals surface area contributed by atoms with Crippen LogP contribution in [-0.4, -0.2) is 55.1 Å². The van der Waals surface area contributed by atoms with E-state index in [-0.39, 0.29) is 12.7 Å². The van der Waals surface area contributed by atoms with Crippen molar-refractivity contribution < 1.29 is 23.0 Å². The van der Waals surface area contributed by atoms with Crippen molar-refractivity contribution in [2.24, 2.45) is 0 Å². The first-order chi connectivity index (χ1) is 6.97. The number of aliphatic hydroxyl groups is 1. The number of rotatable bonds is 5. The van der Waals surface area contributed by atoms with Gasteiger partial charge in [-0.15, -0.1) is 0 Å². The van der Waals surface area contributed by atoms with E-state index in [1.165, 1.54) is 0 Å². The summed E-state index contributed by atoms with van der Waals surface area (Å²) in [6.45, 7) is 1.08. The molecule has 6 heteroatoms. The molecule has 0 aliphatic carbocycles. The number of likely N-dealkylation sites (tertiary alicyclic amines) is 1. The molecule has 0 aromatic rings. The van der Waals surface area contributed by atoms with Gasteiger partial charge in [0.25, 0.3) is 0 Å². The smallest absolute Gasteiger partial charge is 0.392 e. The van der Waals surface area contributed by atoms with Crippen LogP contribution in [0.3, 0.4) is 0 Å².